The number of hydrogen-bond donors (Lipinski definition) is 1. The normalized spacial score (nSPS) is 32.1. The van der Waals surface area contributed by atoms with Gasteiger partial charge in [0.15, 0.2) is 5.79 Å². The van der Waals surface area contributed by atoms with Crippen LogP contribution in [-0.2, 0) is 9.47 Å². The second kappa shape index (κ2) is 2.96. The Bertz CT molecular complexity index is 233. The Morgan fingerprint density at radius 2 is 1.85 bits per heavy atom. The Balaban J connectivity index is 2.89. The van der Waals surface area contributed by atoms with Crippen LogP contribution < -0.4 is 0 Å². The van der Waals surface area contributed by atoms with E-state index in [9.17, 15) is 0 Å². The lowest BCUT2D eigenvalue weighted by atomic mass is 9.99. The van der Waals surface area contributed by atoms with Crippen LogP contribution in [0, 0.1) is 0 Å². The average Bonchev–Trinajstić information content (AvgIpc) is 2.17. The van der Waals surface area contributed by atoms with Crippen LogP contribution in [0.1, 0.15) is 34.6 Å². The van der Waals surface area contributed by atoms with Crippen molar-refractivity contribution in [1.29, 1.82) is 0 Å². The molecule has 4 heteroatoms. The van der Waals surface area contributed by atoms with Crippen LogP contribution in [0.3, 0.4) is 0 Å². The van der Waals surface area contributed by atoms with Gasteiger partial charge in [0.25, 0.3) is 0 Å². The van der Waals surface area contributed by atoms with Gasteiger partial charge in [0.2, 0.25) is 0 Å². The molecule has 0 aliphatic carbocycles. The molecule has 1 heterocycles. The first kappa shape index (κ1) is 10.5. The van der Waals surface area contributed by atoms with Gasteiger partial charge in [0.1, 0.15) is 6.10 Å². The third kappa shape index (κ3) is 2.00. The molecule has 1 saturated heterocycles. The van der Waals surface area contributed by atoms with Crippen LogP contribution in [-0.4, -0.2) is 28.4 Å². The van der Waals surface area contributed by atoms with E-state index in [0.29, 0.717) is 5.71 Å². The van der Waals surface area contributed by atoms with E-state index in [4.69, 9.17) is 14.7 Å². The fourth-order valence-corrected chi connectivity index (χ4v) is 1.78. The van der Waals surface area contributed by atoms with Crippen LogP contribution in [0.4, 0.5) is 0 Å². The van der Waals surface area contributed by atoms with Gasteiger partial charge >= 0.3 is 0 Å². The average molecular weight is 187 g/mol. The molecule has 1 rings (SSSR count). The molecule has 1 unspecified atom stereocenters. The molecule has 1 N–H and O–H groups in total. The molecule has 0 aromatic rings. The molecule has 0 aromatic carbocycles. The second-order valence-electron chi connectivity index (χ2n) is 4.34. The molecular weight excluding hydrogens is 170 g/mol. The first-order chi connectivity index (χ1) is 5.78. The summed E-state index contributed by atoms with van der Waals surface area (Å²) >= 11 is 0. The summed E-state index contributed by atoms with van der Waals surface area (Å²) in [6.07, 6.45) is -0.285. The third-order valence-corrected chi connectivity index (χ3v) is 2.08. The van der Waals surface area contributed by atoms with E-state index in [-0.39, 0.29) is 6.10 Å². The van der Waals surface area contributed by atoms with E-state index in [1.54, 1.807) is 6.92 Å². The molecule has 4 nitrogen and oxygen atoms in total. The van der Waals surface area contributed by atoms with Crippen molar-refractivity contribution in [2.45, 2.75) is 52.1 Å². The van der Waals surface area contributed by atoms with Gasteiger partial charge in [-0.3, -0.25) is 0 Å². The summed E-state index contributed by atoms with van der Waals surface area (Å²) in [5.41, 5.74) is 0.0929. The minimum atomic E-state index is -0.611. The van der Waals surface area contributed by atoms with Gasteiger partial charge in [0.05, 0.1) is 11.3 Å². The van der Waals surface area contributed by atoms with E-state index in [2.05, 4.69) is 5.16 Å². The molecule has 0 saturated carbocycles. The standard InChI is InChI=1S/C9H17NO3/c1-6(10-11)7-8(2,3)13-9(4,5)12-7/h7,11H,1-5H3/b10-6+. The van der Waals surface area contributed by atoms with Gasteiger partial charge in [-0.1, -0.05) is 5.16 Å². The molecule has 0 radical (unpaired) electrons. The van der Waals surface area contributed by atoms with Crippen molar-refractivity contribution < 1.29 is 14.7 Å². The molecule has 1 atom stereocenters. The number of rotatable bonds is 1. The fraction of sp³-hybridized carbons (Fsp3) is 0.889. The summed E-state index contributed by atoms with van der Waals surface area (Å²) in [6, 6.07) is 0. The summed E-state index contributed by atoms with van der Waals surface area (Å²) in [5, 5.41) is 11.8. The predicted molar refractivity (Wildman–Crippen MR) is 49.0 cm³/mol. The van der Waals surface area contributed by atoms with Crippen LogP contribution in [0.25, 0.3) is 0 Å². The maximum atomic E-state index is 8.65. The second-order valence-corrected chi connectivity index (χ2v) is 4.34. The highest BCUT2D eigenvalue weighted by Gasteiger charge is 2.48. The summed E-state index contributed by atoms with van der Waals surface area (Å²) in [5.74, 6) is -0.611. The largest absolute Gasteiger partial charge is 0.411 e. The minimum Gasteiger partial charge on any atom is -0.411 e. The van der Waals surface area contributed by atoms with Crippen molar-refractivity contribution in [3.63, 3.8) is 0 Å². The van der Waals surface area contributed by atoms with Gasteiger partial charge in [-0.2, -0.15) is 0 Å². The number of hydrogen-bond acceptors (Lipinski definition) is 4. The van der Waals surface area contributed by atoms with Crippen LogP contribution >= 0.6 is 0 Å². The SMILES string of the molecule is C/C(=N\O)C1OC(C)(C)OC1(C)C. The molecule has 1 aliphatic rings. The van der Waals surface area contributed by atoms with E-state index in [0.717, 1.165) is 0 Å². The quantitative estimate of drug-likeness (QED) is 0.386. The zero-order chi connectivity index (χ0) is 10.3. The molecule has 0 spiro atoms. The third-order valence-electron chi connectivity index (χ3n) is 2.08. The summed E-state index contributed by atoms with van der Waals surface area (Å²) in [6.45, 7) is 9.25. The van der Waals surface area contributed by atoms with Gasteiger partial charge in [0, 0.05) is 0 Å². The summed E-state index contributed by atoms with van der Waals surface area (Å²) < 4.78 is 11.3. The highest BCUT2D eigenvalue weighted by atomic mass is 16.8. The van der Waals surface area contributed by atoms with Crippen molar-refractivity contribution in [1.82, 2.24) is 0 Å². The van der Waals surface area contributed by atoms with E-state index in [1.807, 2.05) is 27.7 Å². The molecule has 1 aliphatic heterocycles. The maximum Gasteiger partial charge on any atom is 0.164 e. The zero-order valence-corrected chi connectivity index (χ0v) is 8.79. The van der Waals surface area contributed by atoms with Crippen molar-refractivity contribution in [3.05, 3.63) is 0 Å². The van der Waals surface area contributed by atoms with E-state index >= 15 is 0 Å². The number of oxime groups is 1. The number of nitrogens with zero attached hydrogens (tertiary/aromatic N) is 1. The lowest BCUT2D eigenvalue weighted by Crippen LogP contribution is -2.38. The molecular formula is C9H17NO3. The lowest BCUT2D eigenvalue weighted by Gasteiger charge is -2.23. The minimum absolute atomic E-state index is 0.285. The molecule has 1 fully saturated rings. The molecule has 0 bridgehead atoms. The van der Waals surface area contributed by atoms with Crippen molar-refractivity contribution in [2.75, 3.05) is 0 Å². The Labute approximate surface area is 78.5 Å². The van der Waals surface area contributed by atoms with Gasteiger partial charge < -0.3 is 14.7 Å². The van der Waals surface area contributed by atoms with Gasteiger partial charge in [-0.25, -0.2) is 0 Å². The number of ether oxygens (including phenoxy) is 2. The molecule has 13 heavy (non-hydrogen) atoms. The van der Waals surface area contributed by atoms with Crippen molar-refractivity contribution >= 4 is 5.71 Å². The fourth-order valence-electron chi connectivity index (χ4n) is 1.78. The maximum absolute atomic E-state index is 8.65. The summed E-state index contributed by atoms with van der Waals surface area (Å²) in [4.78, 5) is 0. The predicted octanol–water partition coefficient (Wildman–Crippen LogP) is 1.77. The van der Waals surface area contributed by atoms with Crippen LogP contribution in [0.5, 0.6) is 0 Å². The first-order valence-corrected chi connectivity index (χ1v) is 4.35. The Kier molecular flexibility index (Phi) is 2.38. The van der Waals surface area contributed by atoms with Crippen molar-refractivity contribution in [2.24, 2.45) is 5.16 Å². The molecule has 76 valence electrons. The van der Waals surface area contributed by atoms with Crippen molar-refractivity contribution in [3.8, 4) is 0 Å². The highest BCUT2D eigenvalue weighted by molar-refractivity contribution is 5.87. The zero-order valence-electron chi connectivity index (χ0n) is 8.79. The summed E-state index contributed by atoms with van der Waals surface area (Å²) in [7, 11) is 0. The van der Waals surface area contributed by atoms with E-state index < -0.39 is 11.4 Å². The van der Waals surface area contributed by atoms with Crippen LogP contribution in [0.15, 0.2) is 5.16 Å². The first-order valence-electron chi connectivity index (χ1n) is 4.35. The Morgan fingerprint density at radius 3 is 2.15 bits per heavy atom. The smallest absolute Gasteiger partial charge is 0.164 e. The Morgan fingerprint density at radius 1 is 1.31 bits per heavy atom. The highest BCUT2D eigenvalue weighted by Crippen LogP contribution is 2.36. The Hall–Kier alpha value is -0.610. The lowest BCUT2D eigenvalue weighted by molar-refractivity contribution is -0.155. The molecule has 0 aromatic heterocycles. The van der Waals surface area contributed by atoms with Gasteiger partial charge in [-0.05, 0) is 34.6 Å². The van der Waals surface area contributed by atoms with Crippen LogP contribution in [0.2, 0.25) is 0 Å². The monoisotopic (exact) mass is 187 g/mol. The van der Waals surface area contributed by atoms with E-state index in [1.165, 1.54) is 0 Å². The molecule has 0 amide bonds. The topological polar surface area (TPSA) is 51.1 Å². The van der Waals surface area contributed by atoms with Gasteiger partial charge in [-0.15, -0.1) is 0 Å².